The highest BCUT2D eigenvalue weighted by Gasteiger charge is 2.25. The van der Waals surface area contributed by atoms with Crippen molar-refractivity contribution in [2.24, 2.45) is 5.92 Å². The van der Waals surface area contributed by atoms with Crippen LogP contribution in [0.5, 0.6) is 17.2 Å². The predicted octanol–water partition coefficient (Wildman–Crippen LogP) is 4.90. The summed E-state index contributed by atoms with van der Waals surface area (Å²) in [6.45, 7) is 1.90. The molecule has 1 aliphatic heterocycles. The van der Waals surface area contributed by atoms with E-state index in [1.165, 1.54) is 12.1 Å². The van der Waals surface area contributed by atoms with Crippen LogP contribution in [0.2, 0.25) is 0 Å². The van der Waals surface area contributed by atoms with E-state index in [1.54, 1.807) is 19.2 Å². The lowest BCUT2D eigenvalue weighted by Crippen LogP contribution is -2.46. The van der Waals surface area contributed by atoms with Crippen LogP contribution in [-0.2, 0) is 17.6 Å². The molecule has 1 saturated heterocycles. The molecule has 1 unspecified atom stereocenters. The number of benzene rings is 3. The molecule has 0 saturated carbocycles. The van der Waals surface area contributed by atoms with Crippen LogP contribution < -0.4 is 20.1 Å². The maximum absolute atomic E-state index is 13.2. The SMILES string of the molecule is COc1ccccc1Oc1cccc(CC(NC(=O)Cc2ccc(F)cc2)C2CCNCC2)c1. The van der Waals surface area contributed by atoms with Crippen molar-refractivity contribution in [1.82, 2.24) is 10.6 Å². The lowest BCUT2D eigenvalue weighted by atomic mass is 9.86. The van der Waals surface area contributed by atoms with E-state index in [1.807, 2.05) is 42.5 Å². The second kappa shape index (κ2) is 11.7. The van der Waals surface area contributed by atoms with Crippen LogP contribution >= 0.6 is 0 Å². The van der Waals surface area contributed by atoms with Gasteiger partial charge in [0.1, 0.15) is 11.6 Å². The van der Waals surface area contributed by atoms with Gasteiger partial charge in [-0.2, -0.15) is 0 Å². The van der Waals surface area contributed by atoms with Crippen molar-refractivity contribution >= 4 is 5.91 Å². The highest BCUT2D eigenvalue weighted by Crippen LogP contribution is 2.31. The fourth-order valence-corrected chi connectivity index (χ4v) is 4.45. The Morgan fingerprint density at radius 1 is 1.00 bits per heavy atom. The summed E-state index contributed by atoms with van der Waals surface area (Å²) >= 11 is 0. The number of carbonyl (C=O) groups is 1. The van der Waals surface area contributed by atoms with E-state index in [9.17, 15) is 9.18 Å². The lowest BCUT2D eigenvalue weighted by molar-refractivity contribution is -0.121. The van der Waals surface area contributed by atoms with Crippen LogP contribution in [0.3, 0.4) is 0 Å². The van der Waals surface area contributed by atoms with Crippen molar-refractivity contribution in [3.63, 3.8) is 0 Å². The number of ether oxygens (including phenoxy) is 2. The van der Waals surface area contributed by atoms with Gasteiger partial charge in [-0.1, -0.05) is 36.4 Å². The van der Waals surface area contributed by atoms with Gasteiger partial charge in [0.25, 0.3) is 0 Å². The van der Waals surface area contributed by atoms with Gasteiger partial charge in [-0.15, -0.1) is 0 Å². The van der Waals surface area contributed by atoms with Crippen molar-refractivity contribution in [1.29, 1.82) is 0 Å². The molecule has 3 aromatic rings. The summed E-state index contributed by atoms with van der Waals surface area (Å²) in [4.78, 5) is 12.9. The van der Waals surface area contributed by atoms with E-state index in [0.717, 1.165) is 42.8 Å². The van der Waals surface area contributed by atoms with Gasteiger partial charge in [0.05, 0.1) is 13.5 Å². The van der Waals surface area contributed by atoms with Crippen molar-refractivity contribution in [2.45, 2.75) is 31.7 Å². The third kappa shape index (κ3) is 6.58. The molecule has 1 aliphatic rings. The maximum atomic E-state index is 13.2. The van der Waals surface area contributed by atoms with Crippen LogP contribution in [0.4, 0.5) is 4.39 Å². The Morgan fingerprint density at radius 3 is 2.47 bits per heavy atom. The van der Waals surface area contributed by atoms with E-state index in [-0.39, 0.29) is 24.2 Å². The Labute approximate surface area is 200 Å². The summed E-state index contributed by atoms with van der Waals surface area (Å²) in [6, 6.07) is 21.6. The molecule has 0 radical (unpaired) electrons. The van der Waals surface area contributed by atoms with Crippen LogP contribution in [0.15, 0.2) is 72.8 Å². The molecular formula is C28H31FN2O3. The first-order valence-electron chi connectivity index (χ1n) is 11.7. The number of hydrogen-bond donors (Lipinski definition) is 2. The Bertz CT molecular complexity index is 1080. The molecular weight excluding hydrogens is 431 g/mol. The van der Waals surface area contributed by atoms with Gasteiger partial charge in [-0.3, -0.25) is 4.79 Å². The van der Waals surface area contributed by atoms with Crippen molar-refractivity contribution < 1.29 is 18.7 Å². The van der Waals surface area contributed by atoms with Crippen LogP contribution in [0.1, 0.15) is 24.0 Å². The van der Waals surface area contributed by atoms with Crippen LogP contribution in [0.25, 0.3) is 0 Å². The first-order valence-corrected chi connectivity index (χ1v) is 11.7. The number of halogens is 1. The largest absolute Gasteiger partial charge is 0.493 e. The molecule has 0 aliphatic carbocycles. The molecule has 3 aromatic carbocycles. The molecule has 6 heteroatoms. The average molecular weight is 463 g/mol. The summed E-state index contributed by atoms with van der Waals surface area (Å²) in [5.74, 6) is 2.10. The van der Waals surface area contributed by atoms with E-state index >= 15 is 0 Å². The second-order valence-electron chi connectivity index (χ2n) is 8.67. The van der Waals surface area contributed by atoms with E-state index in [4.69, 9.17) is 9.47 Å². The molecule has 178 valence electrons. The number of rotatable bonds is 9. The van der Waals surface area contributed by atoms with Gasteiger partial charge in [0.15, 0.2) is 11.5 Å². The third-order valence-electron chi connectivity index (χ3n) is 6.23. The number of nitrogens with one attached hydrogen (secondary N) is 2. The quantitative estimate of drug-likeness (QED) is 0.475. The van der Waals surface area contributed by atoms with Crippen LogP contribution in [-0.4, -0.2) is 32.1 Å². The first-order chi connectivity index (χ1) is 16.6. The zero-order valence-corrected chi connectivity index (χ0v) is 19.4. The number of methoxy groups -OCH3 is 1. The highest BCUT2D eigenvalue weighted by molar-refractivity contribution is 5.78. The number of para-hydroxylation sites is 2. The van der Waals surface area contributed by atoms with Gasteiger partial charge < -0.3 is 20.1 Å². The average Bonchev–Trinajstić information content (AvgIpc) is 2.86. The Morgan fingerprint density at radius 2 is 1.74 bits per heavy atom. The molecule has 0 spiro atoms. The number of carbonyl (C=O) groups excluding carboxylic acids is 1. The van der Waals surface area contributed by atoms with Gasteiger partial charge in [-0.25, -0.2) is 4.39 Å². The van der Waals surface area contributed by atoms with Crippen LogP contribution in [0, 0.1) is 11.7 Å². The monoisotopic (exact) mass is 462 g/mol. The minimum atomic E-state index is -0.299. The highest BCUT2D eigenvalue weighted by atomic mass is 19.1. The molecule has 34 heavy (non-hydrogen) atoms. The Hall–Kier alpha value is -3.38. The van der Waals surface area contributed by atoms with E-state index in [0.29, 0.717) is 23.8 Å². The smallest absolute Gasteiger partial charge is 0.224 e. The standard InChI is InChI=1S/C28H31FN2O3/c1-33-26-7-2-3-8-27(26)34-24-6-4-5-21(17-24)18-25(22-13-15-30-16-14-22)31-28(32)19-20-9-11-23(29)12-10-20/h2-12,17,22,25,30H,13-16,18-19H2,1H3,(H,31,32). The molecule has 1 atom stereocenters. The zero-order chi connectivity index (χ0) is 23.8. The number of hydrogen-bond acceptors (Lipinski definition) is 4. The fourth-order valence-electron chi connectivity index (χ4n) is 4.45. The Balaban J connectivity index is 1.47. The third-order valence-corrected chi connectivity index (χ3v) is 6.23. The van der Waals surface area contributed by atoms with Gasteiger partial charge in [0.2, 0.25) is 5.91 Å². The van der Waals surface area contributed by atoms with Crippen molar-refractivity contribution in [3.8, 4) is 17.2 Å². The molecule has 2 N–H and O–H groups in total. The van der Waals surface area contributed by atoms with Gasteiger partial charge in [0, 0.05) is 6.04 Å². The van der Waals surface area contributed by atoms with E-state index < -0.39 is 0 Å². The molecule has 1 heterocycles. The van der Waals surface area contributed by atoms with Gasteiger partial charge in [-0.05, 0) is 85.8 Å². The maximum Gasteiger partial charge on any atom is 0.224 e. The van der Waals surface area contributed by atoms with E-state index in [2.05, 4.69) is 16.7 Å². The molecule has 4 rings (SSSR count). The molecule has 1 fully saturated rings. The first kappa shape index (κ1) is 23.8. The minimum absolute atomic E-state index is 0.0107. The van der Waals surface area contributed by atoms with Gasteiger partial charge >= 0.3 is 0 Å². The summed E-state index contributed by atoms with van der Waals surface area (Å²) in [6.07, 6.45) is 2.97. The normalized spacial score (nSPS) is 14.9. The van der Waals surface area contributed by atoms with Crippen molar-refractivity contribution in [2.75, 3.05) is 20.2 Å². The fraction of sp³-hybridized carbons (Fsp3) is 0.321. The molecule has 5 nitrogen and oxygen atoms in total. The summed E-state index contributed by atoms with van der Waals surface area (Å²) < 4.78 is 24.7. The molecule has 0 bridgehead atoms. The summed E-state index contributed by atoms with van der Waals surface area (Å²) in [7, 11) is 1.62. The second-order valence-corrected chi connectivity index (χ2v) is 8.67. The lowest BCUT2D eigenvalue weighted by Gasteiger charge is -2.31. The Kier molecular flexibility index (Phi) is 8.15. The minimum Gasteiger partial charge on any atom is -0.493 e. The molecule has 1 amide bonds. The summed E-state index contributed by atoms with van der Waals surface area (Å²) in [5, 5.41) is 6.66. The number of piperidine rings is 1. The number of amides is 1. The topological polar surface area (TPSA) is 59.6 Å². The predicted molar refractivity (Wildman–Crippen MR) is 131 cm³/mol. The molecule has 0 aromatic heterocycles. The summed E-state index contributed by atoms with van der Waals surface area (Å²) in [5.41, 5.74) is 1.90. The van der Waals surface area contributed by atoms with Crippen molar-refractivity contribution in [3.05, 3.63) is 89.7 Å². The zero-order valence-electron chi connectivity index (χ0n) is 19.4.